The Kier molecular flexibility index (Phi) is 5.24. The molecule has 0 bridgehead atoms. The van der Waals surface area contributed by atoms with E-state index in [2.05, 4.69) is 5.32 Å². The van der Waals surface area contributed by atoms with E-state index in [1.54, 1.807) is 0 Å². The molecule has 0 heterocycles. The van der Waals surface area contributed by atoms with Crippen molar-refractivity contribution in [3.05, 3.63) is 24.3 Å². The van der Waals surface area contributed by atoms with E-state index in [-0.39, 0.29) is 12.6 Å². The van der Waals surface area contributed by atoms with E-state index in [0.29, 0.717) is 24.1 Å². The zero-order valence-corrected chi connectivity index (χ0v) is 11.9. The topological polar surface area (TPSA) is 56.8 Å². The Bertz CT molecular complexity index is 445. The number of carbonyl (C=O) groups is 1. The number of ether oxygens (including phenoxy) is 3. The summed E-state index contributed by atoms with van der Waals surface area (Å²) < 4.78 is 16.0. The first-order chi connectivity index (χ1) is 9.74. The molecular weight excluding hydrogens is 258 g/mol. The number of nitrogens with one attached hydrogen (secondary N) is 1. The maximum Gasteiger partial charge on any atom is 0.326 e. The first-order valence-corrected chi connectivity index (χ1v) is 6.93. The fraction of sp³-hybridized carbons (Fsp3) is 0.533. The van der Waals surface area contributed by atoms with Crippen molar-refractivity contribution in [1.82, 2.24) is 5.32 Å². The minimum atomic E-state index is -0.442. The predicted octanol–water partition coefficient (Wildman–Crippen LogP) is 1.76. The van der Waals surface area contributed by atoms with Crippen LogP contribution >= 0.6 is 0 Å². The van der Waals surface area contributed by atoms with Gasteiger partial charge in [0.25, 0.3) is 0 Å². The van der Waals surface area contributed by atoms with Gasteiger partial charge >= 0.3 is 5.97 Å². The summed E-state index contributed by atoms with van der Waals surface area (Å²) in [6.45, 7) is 2.72. The SMILES string of the molecule is CCOc1ccccc1OCC(NC1CC1)C(=O)OC. The van der Waals surface area contributed by atoms with Crippen molar-refractivity contribution in [3.63, 3.8) is 0 Å². The molecule has 0 aliphatic heterocycles. The Labute approximate surface area is 119 Å². The largest absolute Gasteiger partial charge is 0.490 e. The summed E-state index contributed by atoms with van der Waals surface area (Å²) in [6.07, 6.45) is 2.20. The van der Waals surface area contributed by atoms with Crippen LogP contribution in [-0.4, -0.2) is 38.4 Å². The molecule has 1 fully saturated rings. The molecule has 1 atom stereocenters. The third-order valence-corrected chi connectivity index (χ3v) is 3.05. The van der Waals surface area contributed by atoms with E-state index in [4.69, 9.17) is 14.2 Å². The second-order valence-electron chi connectivity index (χ2n) is 4.71. The summed E-state index contributed by atoms with van der Waals surface area (Å²) in [5, 5.41) is 3.22. The lowest BCUT2D eigenvalue weighted by atomic mass is 10.3. The fourth-order valence-electron chi connectivity index (χ4n) is 1.88. The van der Waals surface area contributed by atoms with Crippen LogP contribution in [0.25, 0.3) is 0 Å². The Balaban J connectivity index is 1.95. The van der Waals surface area contributed by atoms with Crippen LogP contribution < -0.4 is 14.8 Å². The maximum absolute atomic E-state index is 11.7. The lowest BCUT2D eigenvalue weighted by Gasteiger charge is -2.18. The van der Waals surface area contributed by atoms with Gasteiger partial charge in [0.05, 0.1) is 13.7 Å². The molecule has 5 heteroatoms. The minimum absolute atomic E-state index is 0.229. The first-order valence-electron chi connectivity index (χ1n) is 6.93. The highest BCUT2D eigenvalue weighted by atomic mass is 16.5. The molecule has 0 radical (unpaired) electrons. The summed E-state index contributed by atoms with van der Waals surface area (Å²) in [6, 6.07) is 7.40. The number of hydrogen-bond acceptors (Lipinski definition) is 5. The van der Waals surface area contributed by atoms with E-state index in [1.807, 2.05) is 31.2 Å². The van der Waals surface area contributed by atoms with Crippen molar-refractivity contribution in [1.29, 1.82) is 0 Å². The van der Waals surface area contributed by atoms with Gasteiger partial charge in [-0.05, 0) is 31.9 Å². The van der Waals surface area contributed by atoms with Gasteiger partial charge in [0.2, 0.25) is 0 Å². The van der Waals surface area contributed by atoms with Crippen LogP contribution in [-0.2, 0) is 9.53 Å². The van der Waals surface area contributed by atoms with Crippen molar-refractivity contribution in [3.8, 4) is 11.5 Å². The fourth-order valence-corrected chi connectivity index (χ4v) is 1.88. The number of hydrogen-bond donors (Lipinski definition) is 1. The number of para-hydroxylation sites is 2. The highest BCUT2D eigenvalue weighted by Gasteiger charge is 2.29. The summed E-state index contributed by atoms with van der Waals surface area (Å²) in [5.74, 6) is 1.02. The Morgan fingerprint density at radius 3 is 2.50 bits per heavy atom. The standard InChI is InChI=1S/C15H21NO4/c1-3-19-13-6-4-5-7-14(13)20-10-12(15(17)18-2)16-11-8-9-11/h4-7,11-12,16H,3,8-10H2,1-2H3. The van der Waals surface area contributed by atoms with Gasteiger partial charge in [0.1, 0.15) is 12.6 Å². The van der Waals surface area contributed by atoms with Crippen LogP contribution in [0.15, 0.2) is 24.3 Å². The molecule has 0 saturated heterocycles. The zero-order valence-electron chi connectivity index (χ0n) is 11.9. The van der Waals surface area contributed by atoms with Gasteiger partial charge in [-0.25, -0.2) is 0 Å². The van der Waals surface area contributed by atoms with Crippen molar-refractivity contribution < 1.29 is 19.0 Å². The Morgan fingerprint density at radius 2 is 1.95 bits per heavy atom. The molecule has 110 valence electrons. The Morgan fingerprint density at radius 1 is 1.30 bits per heavy atom. The van der Waals surface area contributed by atoms with Crippen molar-refractivity contribution in [2.24, 2.45) is 0 Å². The van der Waals surface area contributed by atoms with Gasteiger partial charge in [-0.1, -0.05) is 12.1 Å². The van der Waals surface area contributed by atoms with Gasteiger partial charge in [0.15, 0.2) is 11.5 Å². The highest BCUT2D eigenvalue weighted by molar-refractivity contribution is 5.76. The molecule has 20 heavy (non-hydrogen) atoms. The quantitative estimate of drug-likeness (QED) is 0.735. The van der Waals surface area contributed by atoms with Crippen LogP contribution in [0, 0.1) is 0 Å². The molecule has 2 rings (SSSR count). The van der Waals surface area contributed by atoms with Gasteiger partial charge in [0, 0.05) is 6.04 Å². The van der Waals surface area contributed by atoms with Gasteiger partial charge in [-0.15, -0.1) is 0 Å². The summed E-state index contributed by atoms with van der Waals surface area (Å²) in [5.41, 5.74) is 0. The molecule has 0 aromatic heterocycles. The number of rotatable bonds is 8. The normalized spacial score (nSPS) is 15.5. The van der Waals surface area contributed by atoms with E-state index in [9.17, 15) is 4.79 Å². The molecule has 1 aliphatic rings. The predicted molar refractivity (Wildman–Crippen MR) is 75.1 cm³/mol. The van der Waals surface area contributed by atoms with Gasteiger partial charge in [-0.3, -0.25) is 10.1 Å². The Hall–Kier alpha value is -1.75. The number of benzene rings is 1. The monoisotopic (exact) mass is 279 g/mol. The molecule has 5 nitrogen and oxygen atoms in total. The first kappa shape index (κ1) is 14.7. The minimum Gasteiger partial charge on any atom is -0.490 e. The molecule has 1 aromatic rings. The summed E-state index contributed by atoms with van der Waals surface area (Å²) in [4.78, 5) is 11.7. The van der Waals surface area contributed by atoms with Gasteiger partial charge < -0.3 is 14.2 Å². The number of carbonyl (C=O) groups excluding carboxylic acids is 1. The average Bonchev–Trinajstić information content (AvgIpc) is 3.28. The number of esters is 1. The van der Waals surface area contributed by atoms with Crippen LogP contribution in [0.2, 0.25) is 0 Å². The molecule has 1 N–H and O–H groups in total. The molecule has 1 unspecified atom stereocenters. The second kappa shape index (κ2) is 7.14. The van der Waals surface area contributed by atoms with E-state index in [1.165, 1.54) is 7.11 Å². The van der Waals surface area contributed by atoms with Crippen LogP contribution in [0.1, 0.15) is 19.8 Å². The van der Waals surface area contributed by atoms with E-state index >= 15 is 0 Å². The molecular formula is C15H21NO4. The van der Waals surface area contributed by atoms with Crippen molar-refractivity contribution in [2.75, 3.05) is 20.3 Å². The summed E-state index contributed by atoms with van der Waals surface area (Å²) in [7, 11) is 1.39. The zero-order chi connectivity index (χ0) is 14.4. The number of methoxy groups -OCH3 is 1. The average molecular weight is 279 g/mol. The third-order valence-electron chi connectivity index (χ3n) is 3.05. The highest BCUT2D eigenvalue weighted by Crippen LogP contribution is 2.26. The van der Waals surface area contributed by atoms with Crippen molar-refractivity contribution >= 4 is 5.97 Å². The van der Waals surface area contributed by atoms with Gasteiger partial charge in [-0.2, -0.15) is 0 Å². The maximum atomic E-state index is 11.7. The van der Waals surface area contributed by atoms with E-state index < -0.39 is 6.04 Å². The third kappa shape index (κ3) is 4.13. The summed E-state index contributed by atoms with van der Waals surface area (Å²) >= 11 is 0. The lowest BCUT2D eigenvalue weighted by molar-refractivity contribution is -0.144. The smallest absolute Gasteiger partial charge is 0.326 e. The lowest BCUT2D eigenvalue weighted by Crippen LogP contribution is -2.43. The van der Waals surface area contributed by atoms with E-state index in [0.717, 1.165) is 12.8 Å². The molecule has 1 aliphatic carbocycles. The molecule has 1 aromatic carbocycles. The van der Waals surface area contributed by atoms with Crippen LogP contribution in [0.4, 0.5) is 0 Å². The molecule has 1 saturated carbocycles. The second-order valence-corrected chi connectivity index (χ2v) is 4.71. The van der Waals surface area contributed by atoms with Crippen LogP contribution in [0.5, 0.6) is 11.5 Å². The van der Waals surface area contributed by atoms with Crippen molar-refractivity contribution in [2.45, 2.75) is 31.8 Å². The molecule has 0 amide bonds. The van der Waals surface area contributed by atoms with Crippen LogP contribution in [0.3, 0.4) is 0 Å². The molecule has 0 spiro atoms.